The molecule has 0 aromatic heterocycles. The molecule has 0 saturated carbocycles. The summed E-state index contributed by atoms with van der Waals surface area (Å²) in [6, 6.07) is 12.0. The van der Waals surface area contributed by atoms with E-state index in [4.69, 9.17) is 4.74 Å². The Labute approximate surface area is 159 Å². The summed E-state index contributed by atoms with van der Waals surface area (Å²) in [6.45, 7) is 4.37. The molecule has 1 N–H and O–H groups in total. The van der Waals surface area contributed by atoms with E-state index in [1.807, 2.05) is 0 Å². The number of methoxy groups -OCH3 is 1. The molecule has 0 radical (unpaired) electrons. The van der Waals surface area contributed by atoms with Gasteiger partial charge in [-0.15, -0.1) is 0 Å². The zero-order valence-electron chi connectivity index (χ0n) is 15.8. The number of allylic oxidation sites excluding steroid dienone is 2. The number of rotatable bonds is 4. The fraction of sp³-hybridized carbons (Fsp3) is 0.364. The lowest BCUT2D eigenvalue weighted by Gasteiger charge is -2.37. The summed E-state index contributed by atoms with van der Waals surface area (Å²) in [5.41, 5.74) is 4.17. The molecule has 2 aromatic carbocycles. The Hall–Kier alpha value is -2.82. The van der Waals surface area contributed by atoms with E-state index in [-0.39, 0.29) is 28.5 Å². The van der Waals surface area contributed by atoms with Crippen molar-refractivity contribution < 1.29 is 9.66 Å². The van der Waals surface area contributed by atoms with Crippen molar-refractivity contribution in [3.63, 3.8) is 0 Å². The van der Waals surface area contributed by atoms with Crippen molar-refractivity contribution in [3.8, 4) is 5.75 Å². The van der Waals surface area contributed by atoms with Crippen LogP contribution in [0.5, 0.6) is 5.75 Å². The van der Waals surface area contributed by atoms with E-state index in [1.165, 1.54) is 11.1 Å². The van der Waals surface area contributed by atoms with Gasteiger partial charge in [0.1, 0.15) is 5.75 Å². The van der Waals surface area contributed by atoms with E-state index in [1.54, 1.807) is 19.2 Å². The van der Waals surface area contributed by atoms with Crippen molar-refractivity contribution in [3.05, 3.63) is 75.4 Å². The highest BCUT2D eigenvalue weighted by molar-refractivity contribution is 5.73. The highest BCUT2D eigenvalue weighted by Gasteiger charge is 2.42. The van der Waals surface area contributed by atoms with Gasteiger partial charge in [-0.25, -0.2) is 0 Å². The second-order valence-electron chi connectivity index (χ2n) is 7.63. The molecule has 0 spiro atoms. The lowest BCUT2D eigenvalue weighted by molar-refractivity contribution is -0.385. The molecule has 0 unspecified atom stereocenters. The van der Waals surface area contributed by atoms with Crippen LogP contribution in [0.25, 0.3) is 0 Å². The van der Waals surface area contributed by atoms with Crippen LogP contribution in [0.1, 0.15) is 54.8 Å². The van der Waals surface area contributed by atoms with Crippen molar-refractivity contribution in [2.45, 2.75) is 38.1 Å². The van der Waals surface area contributed by atoms with Gasteiger partial charge in [-0.2, -0.15) is 0 Å². The second-order valence-corrected chi connectivity index (χ2v) is 7.63. The average molecular weight is 364 g/mol. The average Bonchev–Trinajstić information content (AvgIpc) is 3.16. The van der Waals surface area contributed by atoms with Crippen molar-refractivity contribution in [1.82, 2.24) is 0 Å². The van der Waals surface area contributed by atoms with E-state index in [0.29, 0.717) is 11.7 Å². The molecule has 0 fully saturated rings. The van der Waals surface area contributed by atoms with Gasteiger partial charge in [-0.05, 0) is 35.4 Å². The Kier molecular flexibility index (Phi) is 4.38. The van der Waals surface area contributed by atoms with Crippen molar-refractivity contribution in [2.75, 3.05) is 12.4 Å². The number of nitrogens with zero attached hydrogens (tertiary/aromatic N) is 1. The fourth-order valence-corrected chi connectivity index (χ4v) is 4.41. The molecule has 140 valence electrons. The topological polar surface area (TPSA) is 64.4 Å². The molecular weight excluding hydrogens is 340 g/mol. The predicted molar refractivity (Wildman–Crippen MR) is 107 cm³/mol. The SMILES string of the molecule is COc1ccc([N+](=O)[O-])c2c1N[C@H](c1ccc(C(C)C)cc1)[C@@H]1CC=C[C@H]21. The van der Waals surface area contributed by atoms with Gasteiger partial charge in [-0.3, -0.25) is 10.1 Å². The van der Waals surface area contributed by atoms with Gasteiger partial charge < -0.3 is 10.1 Å². The van der Waals surface area contributed by atoms with Gasteiger partial charge in [0, 0.05) is 12.0 Å². The number of hydrogen-bond acceptors (Lipinski definition) is 4. The van der Waals surface area contributed by atoms with Gasteiger partial charge in [0.15, 0.2) is 0 Å². The summed E-state index contributed by atoms with van der Waals surface area (Å²) in [7, 11) is 1.60. The molecule has 1 aliphatic heterocycles. The maximum atomic E-state index is 11.6. The molecule has 1 aliphatic carbocycles. The second kappa shape index (κ2) is 6.72. The van der Waals surface area contributed by atoms with Crippen molar-refractivity contribution in [2.24, 2.45) is 5.92 Å². The molecule has 2 aliphatic rings. The first-order valence-corrected chi connectivity index (χ1v) is 9.39. The number of nitro groups is 1. The first-order valence-electron chi connectivity index (χ1n) is 9.39. The van der Waals surface area contributed by atoms with Crippen LogP contribution in [-0.4, -0.2) is 12.0 Å². The van der Waals surface area contributed by atoms with Crippen LogP contribution in [0, 0.1) is 16.0 Å². The van der Waals surface area contributed by atoms with Crippen LogP contribution in [-0.2, 0) is 0 Å². The zero-order valence-corrected chi connectivity index (χ0v) is 15.8. The highest BCUT2D eigenvalue weighted by Crippen LogP contribution is 2.54. The van der Waals surface area contributed by atoms with E-state index in [0.717, 1.165) is 17.7 Å². The number of benzene rings is 2. The van der Waals surface area contributed by atoms with Gasteiger partial charge in [0.25, 0.3) is 5.69 Å². The number of nitro benzene ring substituents is 1. The van der Waals surface area contributed by atoms with E-state index in [2.05, 4.69) is 55.6 Å². The Bertz CT molecular complexity index is 903. The molecule has 2 aromatic rings. The van der Waals surface area contributed by atoms with Crippen molar-refractivity contribution >= 4 is 11.4 Å². The smallest absolute Gasteiger partial charge is 0.275 e. The molecule has 0 bridgehead atoms. The van der Waals surface area contributed by atoms with E-state index >= 15 is 0 Å². The van der Waals surface area contributed by atoms with Gasteiger partial charge in [0.05, 0.1) is 29.3 Å². The first-order chi connectivity index (χ1) is 13.0. The van der Waals surface area contributed by atoms with Crippen molar-refractivity contribution in [1.29, 1.82) is 0 Å². The third kappa shape index (κ3) is 2.87. The monoisotopic (exact) mass is 364 g/mol. The van der Waals surface area contributed by atoms with Crippen LogP contribution in [0.3, 0.4) is 0 Å². The predicted octanol–water partition coefficient (Wildman–Crippen LogP) is 5.55. The molecule has 1 heterocycles. The minimum atomic E-state index is -0.291. The number of hydrogen-bond donors (Lipinski definition) is 1. The standard InChI is InChI=1S/C22H24N2O3/c1-13(2)14-7-9-15(10-8-14)21-17-6-4-5-16(17)20-18(24(25)26)11-12-19(27-3)22(20)23-21/h4-5,7-13,16-17,21,23H,6H2,1-3H3/t16-,17+,21+/m0/s1. The maximum Gasteiger partial charge on any atom is 0.275 e. The first kappa shape index (κ1) is 17.6. The summed E-state index contributed by atoms with van der Waals surface area (Å²) < 4.78 is 5.52. The summed E-state index contributed by atoms with van der Waals surface area (Å²) >= 11 is 0. The van der Waals surface area contributed by atoms with Gasteiger partial charge >= 0.3 is 0 Å². The van der Waals surface area contributed by atoms with Gasteiger partial charge in [-0.1, -0.05) is 50.3 Å². The maximum absolute atomic E-state index is 11.6. The molecule has 4 rings (SSSR count). The van der Waals surface area contributed by atoms with Crippen LogP contribution in [0.2, 0.25) is 0 Å². The quantitative estimate of drug-likeness (QED) is 0.439. The zero-order chi connectivity index (χ0) is 19.1. The summed E-state index contributed by atoms with van der Waals surface area (Å²) in [5.74, 6) is 1.42. The molecule has 5 nitrogen and oxygen atoms in total. The third-order valence-electron chi connectivity index (χ3n) is 5.84. The minimum absolute atomic E-state index is 0.0199. The Balaban J connectivity index is 1.81. The lowest BCUT2D eigenvalue weighted by atomic mass is 9.76. The van der Waals surface area contributed by atoms with E-state index in [9.17, 15) is 10.1 Å². The summed E-state index contributed by atoms with van der Waals surface area (Å²) in [6.07, 6.45) is 5.17. The van der Waals surface area contributed by atoms with Crippen LogP contribution >= 0.6 is 0 Å². The summed E-state index contributed by atoms with van der Waals surface area (Å²) in [4.78, 5) is 11.3. The third-order valence-corrected chi connectivity index (χ3v) is 5.84. The molecule has 3 atom stereocenters. The molecular formula is C22H24N2O3. The van der Waals surface area contributed by atoms with E-state index < -0.39 is 0 Å². The van der Waals surface area contributed by atoms with Crippen LogP contribution in [0.4, 0.5) is 11.4 Å². The molecule has 27 heavy (non-hydrogen) atoms. The highest BCUT2D eigenvalue weighted by atomic mass is 16.6. The Morgan fingerprint density at radius 1 is 1.19 bits per heavy atom. The number of fused-ring (bicyclic) bond motifs is 3. The van der Waals surface area contributed by atoms with Gasteiger partial charge in [0.2, 0.25) is 0 Å². The fourth-order valence-electron chi connectivity index (χ4n) is 4.41. The normalized spacial score (nSPS) is 22.9. The lowest BCUT2D eigenvalue weighted by Crippen LogP contribution is -2.30. The largest absolute Gasteiger partial charge is 0.495 e. The molecule has 5 heteroatoms. The Morgan fingerprint density at radius 2 is 1.93 bits per heavy atom. The Morgan fingerprint density at radius 3 is 2.56 bits per heavy atom. The van der Waals surface area contributed by atoms with Crippen LogP contribution in [0.15, 0.2) is 48.6 Å². The van der Waals surface area contributed by atoms with Crippen LogP contribution < -0.4 is 10.1 Å². The molecule has 0 amide bonds. The number of nitrogens with one attached hydrogen (secondary N) is 1. The summed E-state index contributed by atoms with van der Waals surface area (Å²) in [5, 5.41) is 15.2. The molecule has 0 saturated heterocycles. The number of ether oxygens (including phenoxy) is 1. The number of anilines is 1. The minimum Gasteiger partial charge on any atom is -0.495 e.